The van der Waals surface area contributed by atoms with Gasteiger partial charge in [-0.15, -0.1) is 0 Å². The number of anilines is 3. The smallest absolute Gasteiger partial charge is 0.230 e. The molecule has 2 fully saturated rings. The van der Waals surface area contributed by atoms with E-state index in [1.54, 1.807) is 0 Å². The SMILES string of the molecule is CCN(CC)c1cccc(-c2nc(N3CCOCC3)nc(N3CCOCC3)n2)n1. The number of hydrogen-bond acceptors (Lipinski definition) is 9. The van der Waals surface area contributed by atoms with Crippen molar-refractivity contribution in [1.82, 2.24) is 19.9 Å². The van der Waals surface area contributed by atoms with Crippen molar-refractivity contribution in [2.24, 2.45) is 0 Å². The van der Waals surface area contributed by atoms with Crippen LogP contribution in [0.3, 0.4) is 0 Å². The summed E-state index contributed by atoms with van der Waals surface area (Å²) in [6.45, 7) is 11.9. The zero-order chi connectivity index (χ0) is 20.1. The van der Waals surface area contributed by atoms with Gasteiger partial charge in [0.25, 0.3) is 0 Å². The Balaban J connectivity index is 1.72. The van der Waals surface area contributed by atoms with Crippen LogP contribution in [-0.2, 0) is 9.47 Å². The molecule has 4 rings (SSSR count). The molecule has 0 unspecified atom stereocenters. The maximum atomic E-state index is 5.49. The van der Waals surface area contributed by atoms with Crippen molar-refractivity contribution in [3.8, 4) is 11.5 Å². The molecule has 0 atom stereocenters. The van der Waals surface area contributed by atoms with E-state index in [9.17, 15) is 0 Å². The van der Waals surface area contributed by atoms with E-state index in [0.29, 0.717) is 44.1 Å². The number of aromatic nitrogens is 4. The van der Waals surface area contributed by atoms with E-state index in [4.69, 9.17) is 29.4 Å². The van der Waals surface area contributed by atoms with Crippen LogP contribution in [0.5, 0.6) is 0 Å². The molecule has 0 amide bonds. The average Bonchev–Trinajstić information content (AvgIpc) is 2.81. The van der Waals surface area contributed by atoms with Crippen LogP contribution >= 0.6 is 0 Å². The van der Waals surface area contributed by atoms with Gasteiger partial charge in [0.15, 0.2) is 5.82 Å². The number of rotatable bonds is 6. The Morgan fingerprint density at radius 3 is 1.86 bits per heavy atom. The van der Waals surface area contributed by atoms with Crippen LogP contribution < -0.4 is 14.7 Å². The fourth-order valence-corrected chi connectivity index (χ4v) is 3.55. The zero-order valence-corrected chi connectivity index (χ0v) is 17.3. The monoisotopic (exact) mass is 399 g/mol. The minimum Gasteiger partial charge on any atom is -0.378 e. The lowest BCUT2D eigenvalue weighted by Crippen LogP contribution is -2.40. The molecular weight excluding hydrogens is 370 g/mol. The van der Waals surface area contributed by atoms with E-state index >= 15 is 0 Å². The topological polar surface area (TPSA) is 79.7 Å². The van der Waals surface area contributed by atoms with E-state index < -0.39 is 0 Å². The number of morpholine rings is 2. The van der Waals surface area contributed by atoms with Crippen LogP contribution in [0, 0.1) is 0 Å². The highest BCUT2D eigenvalue weighted by Crippen LogP contribution is 2.23. The summed E-state index contributed by atoms with van der Waals surface area (Å²) in [5.74, 6) is 2.93. The van der Waals surface area contributed by atoms with Crippen molar-refractivity contribution in [1.29, 1.82) is 0 Å². The molecule has 0 bridgehead atoms. The highest BCUT2D eigenvalue weighted by Gasteiger charge is 2.21. The van der Waals surface area contributed by atoms with Gasteiger partial charge < -0.3 is 24.2 Å². The van der Waals surface area contributed by atoms with Crippen LogP contribution in [0.25, 0.3) is 11.5 Å². The molecule has 2 aliphatic rings. The average molecular weight is 399 g/mol. The first-order chi connectivity index (χ1) is 14.3. The van der Waals surface area contributed by atoms with Gasteiger partial charge in [-0.05, 0) is 26.0 Å². The standard InChI is InChI=1S/C20H29N7O2/c1-3-25(4-2)17-7-5-6-16(21-17)18-22-19(26-8-12-28-13-9-26)24-20(23-18)27-10-14-29-15-11-27/h5-7H,3-4,8-15H2,1-2H3. The molecule has 2 aromatic heterocycles. The van der Waals surface area contributed by atoms with Gasteiger partial charge >= 0.3 is 0 Å². The van der Waals surface area contributed by atoms with Crippen LogP contribution in [-0.4, -0.2) is 85.6 Å². The fraction of sp³-hybridized carbons (Fsp3) is 0.600. The number of ether oxygens (including phenoxy) is 2. The summed E-state index contributed by atoms with van der Waals surface area (Å²) in [7, 11) is 0. The summed E-state index contributed by atoms with van der Waals surface area (Å²) < 4.78 is 11.0. The van der Waals surface area contributed by atoms with Gasteiger partial charge in [-0.1, -0.05) is 6.07 Å². The lowest BCUT2D eigenvalue weighted by molar-refractivity contribution is 0.121. The third-order valence-corrected chi connectivity index (χ3v) is 5.25. The first-order valence-electron chi connectivity index (χ1n) is 10.4. The second-order valence-corrected chi connectivity index (χ2v) is 7.01. The van der Waals surface area contributed by atoms with Gasteiger partial charge in [0.1, 0.15) is 11.5 Å². The molecule has 2 aliphatic heterocycles. The van der Waals surface area contributed by atoms with E-state index in [1.165, 1.54) is 0 Å². The quantitative estimate of drug-likeness (QED) is 0.717. The minimum atomic E-state index is 0.608. The molecule has 0 aromatic carbocycles. The molecule has 4 heterocycles. The van der Waals surface area contributed by atoms with Crippen molar-refractivity contribution in [3.05, 3.63) is 18.2 Å². The minimum absolute atomic E-state index is 0.608. The molecule has 0 N–H and O–H groups in total. The molecular formula is C20H29N7O2. The Bertz CT molecular complexity index is 767. The number of hydrogen-bond donors (Lipinski definition) is 0. The van der Waals surface area contributed by atoms with Crippen LogP contribution in [0.1, 0.15) is 13.8 Å². The molecule has 9 nitrogen and oxygen atoms in total. The Hall–Kier alpha value is -2.52. The Labute approximate surface area is 171 Å². The largest absolute Gasteiger partial charge is 0.378 e. The van der Waals surface area contributed by atoms with Gasteiger partial charge in [-0.25, -0.2) is 4.98 Å². The second-order valence-electron chi connectivity index (χ2n) is 7.01. The predicted octanol–water partition coefficient (Wildman–Crippen LogP) is 1.45. The first kappa shape index (κ1) is 19.8. The predicted molar refractivity (Wildman–Crippen MR) is 113 cm³/mol. The number of nitrogens with zero attached hydrogens (tertiary/aromatic N) is 7. The third kappa shape index (κ3) is 4.56. The Morgan fingerprint density at radius 2 is 1.34 bits per heavy atom. The molecule has 0 saturated carbocycles. The summed E-state index contributed by atoms with van der Waals surface area (Å²) >= 11 is 0. The lowest BCUT2D eigenvalue weighted by Gasteiger charge is -2.30. The molecule has 0 aliphatic carbocycles. The van der Waals surface area contributed by atoms with Crippen molar-refractivity contribution in [3.63, 3.8) is 0 Å². The first-order valence-corrected chi connectivity index (χ1v) is 10.4. The lowest BCUT2D eigenvalue weighted by atomic mass is 10.3. The maximum Gasteiger partial charge on any atom is 0.230 e. The molecule has 156 valence electrons. The van der Waals surface area contributed by atoms with Crippen molar-refractivity contribution < 1.29 is 9.47 Å². The fourth-order valence-electron chi connectivity index (χ4n) is 3.55. The summed E-state index contributed by atoms with van der Waals surface area (Å²) in [5, 5.41) is 0. The molecule has 29 heavy (non-hydrogen) atoms. The van der Waals surface area contributed by atoms with Crippen LogP contribution in [0.4, 0.5) is 17.7 Å². The Kier molecular flexibility index (Phi) is 6.36. The molecule has 2 saturated heterocycles. The summed E-state index contributed by atoms with van der Waals surface area (Å²) in [5.41, 5.74) is 0.765. The summed E-state index contributed by atoms with van der Waals surface area (Å²) in [4.78, 5) is 25.7. The normalized spacial score (nSPS) is 17.4. The highest BCUT2D eigenvalue weighted by molar-refractivity contribution is 5.58. The number of pyridine rings is 1. The van der Waals surface area contributed by atoms with E-state index in [1.807, 2.05) is 18.2 Å². The molecule has 0 radical (unpaired) electrons. The van der Waals surface area contributed by atoms with Crippen molar-refractivity contribution in [2.75, 3.05) is 80.4 Å². The highest BCUT2D eigenvalue weighted by atomic mass is 16.5. The van der Waals surface area contributed by atoms with Crippen molar-refractivity contribution in [2.45, 2.75) is 13.8 Å². The Morgan fingerprint density at radius 1 is 0.793 bits per heavy atom. The maximum absolute atomic E-state index is 5.49. The zero-order valence-electron chi connectivity index (χ0n) is 17.3. The van der Waals surface area contributed by atoms with Gasteiger partial charge in [-0.3, -0.25) is 0 Å². The van der Waals surface area contributed by atoms with E-state index in [0.717, 1.165) is 50.8 Å². The van der Waals surface area contributed by atoms with E-state index in [-0.39, 0.29) is 0 Å². The van der Waals surface area contributed by atoms with E-state index in [2.05, 4.69) is 28.5 Å². The molecule has 0 spiro atoms. The third-order valence-electron chi connectivity index (χ3n) is 5.25. The second kappa shape index (κ2) is 9.32. The van der Waals surface area contributed by atoms with Gasteiger partial charge in [0.05, 0.1) is 26.4 Å². The van der Waals surface area contributed by atoms with Gasteiger partial charge in [0, 0.05) is 39.3 Å². The van der Waals surface area contributed by atoms with Crippen LogP contribution in [0.2, 0.25) is 0 Å². The van der Waals surface area contributed by atoms with Gasteiger partial charge in [0.2, 0.25) is 11.9 Å². The van der Waals surface area contributed by atoms with Crippen LogP contribution in [0.15, 0.2) is 18.2 Å². The summed E-state index contributed by atoms with van der Waals surface area (Å²) in [6, 6.07) is 6.01. The van der Waals surface area contributed by atoms with Crippen molar-refractivity contribution >= 4 is 17.7 Å². The summed E-state index contributed by atoms with van der Waals surface area (Å²) in [6.07, 6.45) is 0. The molecule has 2 aromatic rings. The molecule has 9 heteroatoms. The van der Waals surface area contributed by atoms with Gasteiger partial charge in [-0.2, -0.15) is 15.0 Å².